The lowest BCUT2D eigenvalue weighted by molar-refractivity contribution is -0.122. The first-order chi connectivity index (χ1) is 14.1. The van der Waals surface area contributed by atoms with Gasteiger partial charge in [-0.2, -0.15) is 0 Å². The van der Waals surface area contributed by atoms with Crippen molar-refractivity contribution >= 4 is 29.3 Å². The van der Waals surface area contributed by atoms with Crippen LogP contribution in [0.15, 0.2) is 83.8 Å². The molecule has 0 saturated heterocycles. The van der Waals surface area contributed by atoms with Gasteiger partial charge in [0.1, 0.15) is 5.75 Å². The first-order valence-corrected chi connectivity index (χ1v) is 10.2. The van der Waals surface area contributed by atoms with Crippen molar-refractivity contribution in [1.82, 2.24) is 0 Å². The zero-order chi connectivity index (χ0) is 20.2. The standard InChI is InChI=1S/C23H19NO4S/c25-18-10-6-9-17(13-18)23(27)28-14-22(26)24-19-11-4-5-12-21(19)29-15-20(24)16-7-2-1-3-8-16/h1-13,20,25H,14-15H2/t20-/m1/s1. The van der Waals surface area contributed by atoms with Gasteiger partial charge in [-0.15, -0.1) is 11.8 Å². The van der Waals surface area contributed by atoms with E-state index in [1.807, 2.05) is 54.6 Å². The highest BCUT2D eigenvalue weighted by Crippen LogP contribution is 2.43. The molecule has 0 aliphatic carbocycles. The number of amides is 1. The molecule has 5 nitrogen and oxygen atoms in total. The third kappa shape index (κ3) is 4.12. The second-order valence-electron chi connectivity index (χ2n) is 6.60. The largest absolute Gasteiger partial charge is 0.508 e. The third-order valence-electron chi connectivity index (χ3n) is 4.69. The fraction of sp³-hybridized carbons (Fsp3) is 0.130. The lowest BCUT2D eigenvalue weighted by atomic mass is 10.1. The number of aromatic hydroxyl groups is 1. The summed E-state index contributed by atoms with van der Waals surface area (Å²) in [6.07, 6.45) is 0. The van der Waals surface area contributed by atoms with Gasteiger partial charge in [0.2, 0.25) is 0 Å². The molecule has 0 fully saturated rings. The molecule has 6 heteroatoms. The second-order valence-corrected chi connectivity index (χ2v) is 7.66. The van der Waals surface area contributed by atoms with Gasteiger partial charge >= 0.3 is 5.97 Å². The SMILES string of the molecule is O=C(OCC(=O)N1c2ccccc2SC[C@@H]1c1ccccc1)c1cccc(O)c1. The van der Waals surface area contributed by atoms with Gasteiger partial charge in [-0.25, -0.2) is 4.79 Å². The molecule has 3 aromatic carbocycles. The Bertz CT molecular complexity index is 1040. The third-order valence-corrected chi connectivity index (χ3v) is 5.83. The van der Waals surface area contributed by atoms with E-state index in [0.717, 1.165) is 16.1 Å². The van der Waals surface area contributed by atoms with Gasteiger partial charge in [-0.05, 0) is 35.9 Å². The van der Waals surface area contributed by atoms with Crippen LogP contribution in [0, 0.1) is 0 Å². The van der Waals surface area contributed by atoms with E-state index in [2.05, 4.69) is 0 Å². The van der Waals surface area contributed by atoms with Crippen LogP contribution in [0.3, 0.4) is 0 Å². The van der Waals surface area contributed by atoms with Crippen molar-refractivity contribution in [2.75, 3.05) is 17.3 Å². The van der Waals surface area contributed by atoms with Gasteiger partial charge in [0.05, 0.1) is 17.3 Å². The molecule has 0 radical (unpaired) electrons. The van der Waals surface area contributed by atoms with E-state index in [9.17, 15) is 14.7 Å². The summed E-state index contributed by atoms with van der Waals surface area (Å²) >= 11 is 1.71. The quantitative estimate of drug-likeness (QED) is 0.651. The summed E-state index contributed by atoms with van der Waals surface area (Å²) in [4.78, 5) is 28.2. The molecule has 0 saturated carbocycles. The number of ether oxygens (including phenoxy) is 1. The molecule has 3 aromatic rings. The number of rotatable bonds is 4. The maximum Gasteiger partial charge on any atom is 0.338 e. The molecule has 4 rings (SSSR count). The van der Waals surface area contributed by atoms with Crippen LogP contribution in [0.1, 0.15) is 22.0 Å². The van der Waals surface area contributed by atoms with Crippen molar-refractivity contribution in [3.63, 3.8) is 0 Å². The van der Waals surface area contributed by atoms with Crippen LogP contribution in [-0.4, -0.2) is 29.3 Å². The van der Waals surface area contributed by atoms with Crippen LogP contribution in [-0.2, 0) is 9.53 Å². The summed E-state index contributed by atoms with van der Waals surface area (Å²) < 4.78 is 5.25. The minimum absolute atomic E-state index is 0.0306. The fourth-order valence-corrected chi connectivity index (χ4v) is 4.50. The van der Waals surface area contributed by atoms with Crippen molar-refractivity contribution in [2.45, 2.75) is 10.9 Å². The van der Waals surface area contributed by atoms with Gasteiger partial charge in [-0.1, -0.05) is 48.5 Å². The van der Waals surface area contributed by atoms with E-state index in [1.54, 1.807) is 22.7 Å². The van der Waals surface area contributed by atoms with Crippen LogP contribution in [0.2, 0.25) is 0 Å². The minimum atomic E-state index is -0.648. The number of esters is 1. The Kier molecular flexibility index (Phi) is 5.53. The topological polar surface area (TPSA) is 66.8 Å². The number of thioether (sulfide) groups is 1. The van der Waals surface area contributed by atoms with Crippen LogP contribution >= 0.6 is 11.8 Å². The van der Waals surface area contributed by atoms with Crippen molar-refractivity contribution < 1.29 is 19.4 Å². The Balaban J connectivity index is 1.57. The molecule has 1 aliphatic rings. The zero-order valence-corrected chi connectivity index (χ0v) is 16.3. The molecule has 0 bridgehead atoms. The number of nitrogens with zero attached hydrogens (tertiary/aromatic N) is 1. The summed E-state index contributed by atoms with van der Waals surface area (Å²) in [5, 5.41) is 9.53. The van der Waals surface area contributed by atoms with E-state index in [0.29, 0.717) is 5.75 Å². The molecule has 0 unspecified atom stereocenters. The first kappa shape index (κ1) is 19.1. The average Bonchev–Trinajstić information content (AvgIpc) is 2.77. The number of fused-ring (bicyclic) bond motifs is 1. The summed E-state index contributed by atoms with van der Waals surface area (Å²) in [5.74, 6) is -0.255. The Morgan fingerprint density at radius 1 is 1.00 bits per heavy atom. The highest BCUT2D eigenvalue weighted by Gasteiger charge is 2.32. The number of carbonyl (C=O) groups excluding carboxylic acids is 2. The number of phenols is 1. The van der Waals surface area contributed by atoms with Gasteiger partial charge in [-0.3, -0.25) is 9.69 Å². The predicted octanol–water partition coefficient (Wildman–Crippen LogP) is 4.43. The summed E-state index contributed by atoms with van der Waals surface area (Å²) in [5.41, 5.74) is 2.05. The number of para-hydroxylation sites is 1. The number of phenolic OH excluding ortho intramolecular Hbond substituents is 1. The number of hydrogen-bond acceptors (Lipinski definition) is 5. The molecule has 1 aliphatic heterocycles. The highest BCUT2D eigenvalue weighted by molar-refractivity contribution is 7.99. The molecular weight excluding hydrogens is 386 g/mol. The van der Waals surface area contributed by atoms with E-state index >= 15 is 0 Å². The van der Waals surface area contributed by atoms with E-state index in [4.69, 9.17) is 4.74 Å². The van der Waals surface area contributed by atoms with Gasteiger partial charge in [0, 0.05) is 10.6 Å². The van der Waals surface area contributed by atoms with Crippen LogP contribution in [0.4, 0.5) is 5.69 Å². The average molecular weight is 405 g/mol. The second kappa shape index (κ2) is 8.41. The molecule has 1 amide bonds. The van der Waals surface area contributed by atoms with Crippen LogP contribution < -0.4 is 4.90 Å². The Morgan fingerprint density at radius 3 is 2.55 bits per heavy atom. The van der Waals surface area contributed by atoms with Gasteiger partial charge in [0.15, 0.2) is 6.61 Å². The molecule has 1 heterocycles. The molecular formula is C23H19NO4S. The van der Waals surface area contributed by atoms with E-state index in [-0.39, 0.29) is 29.9 Å². The van der Waals surface area contributed by atoms with Gasteiger partial charge < -0.3 is 9.84 Å². The smallest absolute Gasteiger partial charge is 0.338 e. The summed E-state index contributed by atoms with van der Waals surface area (Å²) in [7, 11) is 0. The van der Waals surface area contributed by atoms with Gasteiger partial charge in [0.25, 0.3) is 5.91 Å². The van der Waals surface area contributed by atoms with Crippen molar-refractivity contribution in [1.29, 1.82) is 0 Å². The van der Waals surface area contributed by atoms with Crippen LogP contribution in [0.5, 0.6) is 5.75 Å². The number of carbonyl (C=O) groups is 2. The van der Waals surface area contributed by atoms with Crippen LogP contribution in [0.25, 0.3) is 0 Å². The molecule has 1 atom stereocenters. The number of anilines is 1. The van der Waals surface area contributed by atoms with Crippen molar-refractivity contribution in [3.8, 4) is 5.75 Å². The Hall–Kier alpha value is -3.25. The first-order valence-electron chi connectivity index (χ1n) is 9.18. The Labute approximate surface area is 172 Å². The molecule has 0 spiro atoms. The number of benzene rings is 3. The maximum atomic E-state index is 13.1. The highest BCUT2D eigenvalue weighted by atomic mass is 32.2. The minimum Gasteiger partial charge on any atom is -0.508 e. The number of hydrogen-bond donors (Lipinski definition) is 1. The molecule has 1 N–H and O–H groups in total. The normalized spacial score (nSPS) is 15.4. The van der Waals surface area contributed by atoms with Crippen molar-refractivity contribution in [3.05, 3.63) is 90.0 Å². The molecule has 146 valence electrons. The Morgan fingerprint density at radius 2 is 1.76 bits per heavy atom. The zero-order valence-electron chi connectivity index (χ0n) is 15.5. The molecule has 0 aromatic heterocycles. The monoisotopic (exact) mass is 405 g/mol. The lowest BCUT2D eigenvalue weighted by Gasteiger charge is -2.37. The summed E-state index contributed by atoms with van der Waals surface area (Å²) in [6, 6.07) is 23.3. The summed E-state index contributed by atoms with van der Waals surface area (Å²) in [6.45, 7) is -0.378. The maximum absolute atomic E-state index is 13.1. The lowest BCUT2D eigenvalue weighted by Crippen LogP contribution is -2.41. The fourth-order valence-electron chi connectivity index (χ4n) is 3.33. The van der Waals surface area contributed by atoms with E-state index < -0.39 is 5.97 Å². The molecule has 29 heavy (non-hydrogen) atoms. The van der Waals surface area contributed by atoms with E-state index in [1.165, 1.54) is 18.2 Å². The van der Waals surface area contributed by atoms with Crippen molar-refractivity contribution in [2.24, 2.45) is 0 Å². The predicted molar refractivity (Wildman–Crippen MR) is 112 cm³/mol.